The average molecular weight is 284 g/mol. The quantitative estimate of drug-likeness (QED) is 0.671. The Morgan fingerprint density at radius 1 is 1.20 bits per heavy atom. The van der Waals surface area contributed by atoms with E-state index >= 15 is 0 Å². The molecule has 20 heavy (non-hydrogen) atoms. The maximum atomic E-state index is 13.1. The number of benzene rings is 1. The van der Waals surface area contributed by atoms with Crippen molar-refractivity contribution in [3.05, 3.63) is 29.3 Å². The molecule has 1 aliphatic rings. The number of nitrogens with two attached hydrogens (primary N) is 1. The molecule has 0 unspecified atom stereocenters. The lowest BCUT2D eigenvalue weighted by Gasteiger charge is -2.15. The second-order valence-electron chi connectivity index (χ2n) is 4.52. The Hall–Kier alpha value is -2.18. The number of ether oxygens (including phenoxy) is 1. The van der Waals surface area contributed by atoms with Crippen LogP contribution in [0.4, 0.5) is 14.5 Å². The van der Waals surface area contributed by atoms with Gasteiger partial charge >= 0.3 is 5.97 Å². The first kappa shape index (κ1) is 14.2. The molecular weight excluding hydrogens is 270 g/mol. The van der Waals surface area contributed by atoms with Crippen LogP contribution in [0.15, 0.2) is 12.1 Å². The number of carbonyl (C=O) groups is 2. The molecule has 0 aliphatic carbocycles. The summed E-state index contributed by atoms with van der Waals surface area (Å²) in [5, 5.41) is 0. The van der Waals surface area contributed by atoms with Crippen LogP contribution in [0, 0.1) is 11.6 Å². The molecule has 0 bridgehead atoms. The van der Waals surface area contributed by atoms with Crippen LogP contribution in [0.5, 0.6) is 0 Å². The van der Waals surface area contributed by atoms with Crippen LogP contribution in [-0.4, -0.2) is 36.5 Å². The van der Waals surface area contributed by atoms with E-state index in [2.05, 4.69) is 0 Å². The Balaban J connectivity index is 1.98. The molecule has 2 rings (SSSR count). The molecule has 0 saturated carbocycles. The summed E-state index contributed by atoms with van der Waals surface area (Å²) in [4.78, 5) is 24.9. The van der Waals surface area contributed by atoms with E-state index in [4.69, 9.17) is 10.5 Å². The molecule has 1 aliphatic heterocycles. The minimum Gasteiger partial charge on any atom is -0.452 e. The molecule has 2 N–H and O–H groups in total. The molecule has 1 heterocycles. The van der Waals surface area contributed by atoms with Crippen molar-refractivity contribution in [3.8, 4) is 0 Å². The molecule has 0 radical (unpaired) electrons. The van der Waals surface area contributed by atoms with Crippen LogP contribution in [0.1, 0.15) is 23.2 Å². The first-order valence-electron chi connectivity index (χ1n) is 6.18. The van der Waals surface area contributed by atoms with Gasteiger partial charge in [-0.1, -0.05) is 0 Å². The molecule has 1 saturated heterocycles. The van der Waals surface area contributed by atoms with Crippen molar-refractivity contribution < 1.29 is 23.1 Å². The lowest BCUT2D eigenvalue weighted by atomic mass is 10.1. The molecule has 5 nitrogen and oxygen atoms in total. The van der Waals surface area contributed by atoms with Crippen LogP contribution < -0.4 is 5.73 Å². The molecule has 1 aromatic rings. The summed E-state index contributed by atoms with van der Waals surface area (Å²) >= 11 is 0. The average Bonchev–Trinajstić information content (AvgIpc) is 2.94. The zero-order valence-corrected chi connectivity index (χ0v) is 10.7. The van der Waals surface area contributed by atoms with Gasteiger partial charge in [-0.2, -0.15) is 0 Å². The van der Waals surface area contributed by atoms with Gasteiger partial charge in [0, 0.05) is 24.8 Å². The summed E-state index contributed by atoms with van der Waals surface area (Å²) in [6, 6.07) is 1.36. The lowest BCUT2D eigenvalue weighted by Crippen LogP contribution is -2.32. The highest BCUT2D eigenvalue weighted by atomic mass is 19.2. The van der Waals surface area contributed by atoms with E-state index < -0.39 is 24.2 Å². The molecule has 1 aromatic carbocycles. The van der Waals surface area contributed by atoms with Gasteiger partial charge in [-0.3, -0.25) is 4.79 Å². The summed E-state index contributed by atoms with van der Waals surface area (Å²) in [6.07, 6.45) is 1.85. The zero-order chi connectivity index (χ0) is 14.7. The maximum absolute atomic E-state index is 13.1. The third-order valence-electron chi connectivity index (χ3n) is 3.10. The van der Waals surface area contributed by atoms with E-state index in [0.29, 0.717) is 25.2 Å². The van der Waals surface area contributed by atoms with Crippen molar-refractivity contribution >= 4 is 17.6 Å². The van der Waals surface area contributed by atoms with E-state index in [1.165, 1.54) is 0 Å². The van der Waals surface area contributed by atoms with Crippen LogP contribution in [0.25, 0.3) is 0 Å². The number of amides is 1. The van der Waals surface area contributed by atoms with E-state index in [1.807, 2.05) is 0 Å². The van der Waals surface area contributed by atoms with Crippen molar-refractivity contribution in [2.75, 3.05) is 25.4 Å². The Kier molecular flexibility index (Phi) is 4.16. The summed E-state index contributed by atoms with van der Waals surface area (Å²) in [5.41, 5.74) is 4.89. The SMILES string of the molecule is Nc1cc(F)c(F)cc1C(=O)OCC(=O)N1CCCC1. The highest BCUT2D eigenvalue weighted by molar-refractivity contribution is 5.96. The standard InChI is InChI=1S/C13H14F2N2O3/c14-9-5-8(11(16)6-10(9)15)13(19)20-7-12(18)17-3-1-2-4-17/h5-6H,1-4,7,16H2. The minimum absolute atomic E-state index is 0.234. The van der Waals surface area contributed by atoms with Gasteiger partial charge in [0.05, 0.1) is 5.56 Å². The number of hydrogen-bond acceptors (Lipinski definition) is 4. The van der Waals surface area contributed by atoms with Crippen LogP contribution >= 0.6 is 0 Å². The Morgan fingerprint density at radius 3 is 2.45 bits per heavy atom. The van der Waals surface area contributed by atoms with Crippen LogP contribution in [-0.2, 0) is 9.53 Å². The zero-order valence-electron chi connectivity index (χ0n) is 10.7. The highest BCUT2D eigenvalue weighted by Gasteiger charge is 2.21. The maximum Gasteiger partial charge on any atom is 0.340 e. The summed E-state index contributed by atoms with van der Waals surface area (Å²) in [5.74, 6) is -3.60. The van der Waals surface area contributed by atoms with Gasteiger partial charge in [0.1, 0.15) is 0 Å². The smallest absolute Gasteiger partial charge is 0.340 e. The number of carbonyl (C=O) groups excluding carboxylic acids is 2. The van der Waals surface area contributed by atoms with Crippen molar-refractivity contribution in [1.29, 1.82) is 0 Å². The van der Waals surface area contributed by atoms with Gasteiger partial charge < -0.3 is 15.4 Å². The Morgan fingerprint density at radius 2 is 1.80 bits per heavy atom. The van der Waals surface area contributed by atoms with Gasteiger partial charge in [0.15, 0.2) is 18.2 Å². The number of anilines is 1. The third kappa shape index (κ3) is 3.04. The Labute approximate surface area is 114 Å². The number of likely N-dealkylation sites (tertiary alicyclic amines) is 1. The predicted molar refractivity (Wildman–Crippen MR) is 66.9 cm³/mol. The highest BCUT2D eigenvalue weighted by Crippen LogP contribution is 2.18. The molecular formula is C13H14F2N2O3. The fourth-order valence-corrected chi connectivity index (χ4v) is 2.00. The molecule has 1 amide bonds. The van der Waals surface area contributed by atoms with Gasteiger partial charge in [-0.25, -0.2) is 13.6 Å². The second kappa shape index (κ2) is 5.85. The van der Waals surface area contributed by atoms with Crippen LogP contribution in [0.2, 0.25) is 0 Å². The van der Waals surface area contributed by atoms with Crippen molar-refractivity contribution in [3.63, 3.8) is 0 Å². The number of nitrogens with zero attached hydrogens (tertiary/aromatic N) is 1. The van der Waals surface area contributed by atoms with Gasteiger partial charge in [-0.05, 0) is 18.9 Å². The molecule has 0 aromatic heterocycles. The molecule has 0 spiro atoms. The van der Waals surface area contributed by atoms with Crippen molar-refractivity contribution in [2.45, 2.75) is 12.8 Å². The van der Waals surface area contributed by atoms with E-state index in [0.717, 1.165) is 12.8 Å². The molecule has 1 fully saturated rings. The lowest BCUT2D eigenvalue weighted by molar-refractivity contribution is -0.133. The number of rotatable bonds is 3. The monoisotopic (exact) mass is 284 g/mol. The predicted octanol–water partition coefficient (Wildman–Crippen LogP) is 1.33. The largest absolute Gasteiger partial charge is 0.452 e. The van der Waals surface area contributed by atoms with Crippen molar-refractivity contribution in [2.24, 2.45) is 0 Å². The fourth-order valence-electron chi connectivity index (χ4n) is 2.00. The fraction of sp³-hybridized carbons (Fsp3) is 0.385. The molecule has 0 atom stereocenters. The van der Waals surface area contributed by atoms with Gasteiger partial charge in [0.2, 0.25) is 0 Å². The number of hydrogen-bond donors (Lipinski definition) is 1. The van der Waals surface area contributed by atoms with Crippen molar-refractivity contribution in [1.82, 2.24) is 4.90 Å². The van der Waals surface area contributed by atoms with E-state index in [9.17, 15) is 18.4 Å². The van der Waals surface area contributed by atoms with E-state index in [1.54, 1.807) is 4.90 Å². The van der Waals surface area contributed by atoms with Gasteiger partial charge in [-0.15, -0.1) is 0 Å². The number of nitrogen functional groups attached to an aromatic ring is 1. The Bertz CT molecular complexity index is 543. The summed E-state index contributed by atoms with van der Waals surface area (Å²) in [7, 11) is 0. The van der Waals surface area contributed by atoms with Crippen LogP contribution in [0.3, 0.4) is 0 Å². The molecule has 108 valence electrons. The first-order chi connectivity index (χ1) is 9.49. The minimum atomic E-state index is -1.20. The topological polar surface area (TPSA) is 72.6 Å². The van der Waals surface area contributed by atoms with Gasteiger partial charge in [0.25, 0.3) is 5.91 Å². The normalized spacial score (nSPS) is 14.4. The second-order valence-corrected chi connectivity index (χ2v) is 4.52. The third-order valence-corrected chi connectivity index (χ3v) is 3.10. The molecule has 7 heteroatoms. The number of halogens is 2. The summed E-state index contributed by atoms with van der Waals surface area (Å²) < 4.78 is 30.7. The summed E-state index contributed by atoms with van der Waals surface area (Å²) in [6.45, 7) is 0.852. The number of esters is 1. The van der Waals surface area contributed by atoms with E-state index in [-0.39, 0.29) is 17.2 Å². The first-order valence-corrected chi connectivity index (χ1v) is 6.18.